The molecule has 1 N–H and O–H groups in total. The summed E-state index contributed by atoms with van der Waals surface area (Å²) in [4.78, 5) is 14.4. The second-order valence-corrected chi connectivity index (χ2v) is 6.10. The van der Waals surface area contributed by atoms with Crippen molar-refractivity contribution in [2.45, 2.75) is 5.92 Å². The molecule has 2 aromatic rings. The quantitative estimate of drug-likeness (QED) is 0.907. The maximum Gasteiger partial charge on any atom is 0.225 e. The van der Waals surface area contributed by atoms with Crippen molar-refractivity contribution < 1.29 is 4.79 Å². The van der Waals surface area contributed by atoms with Crippen LogP contribution in [0.3, 0.4) is 0 Å². The number of nitrogens with one attached hydrogen (secondary N) is 1. The van der Waals surface area contributed by atoms with E-state index in [4.69, 9.17) is 0 Å². The van der Waals surface area contributed by atoms with Gasteiger partial charge in [0.1, 0.15) is 12.1 Å². The van der Waals surface area contributed by atoms with E-state index in [0.29, 0.717) is 29.9 Å². The van der Waals surface area contributed by atoms with Crippen LogP contribution in [0.5, 0.6) is 0 Å². The zero-order chi connectivity index (χ0) is 18.0. The number of hydrogen-bond acceptors (Lipinski definition) is 5. The Balaban J connectivity index is 2.02. The summed E-state index contributed by atoms with van der Waals surface area (Å²) in [5.74, 6) is -0.372. The van der Waals surface area contributed by atoms with Gasteiger partial charge >= 0.3 is 0 Å². The standard InChI is InChI=1S/C18H18N6O/c1-21-18(25)16-11-24(10-15(16)14-8-22-23(2)9-14)17-12(6-19)4-3-5-13(17)7-20/h3-5,8-9,15-16H,10-11H2,1-2H3,(H,21,25)/t15-,16+/m1/s1. The van der Waals surface area contributed by atoms with Crippen molar-refractivity contribution in [1.82, 2.24) is 15.1 Å². The highest BCUT2D eigenvalue weighted by Gasteiger charge is 2.40. The minimum Gasteiger partial charge on any atom is -0.368 e. The molecule has 1 aromatic heterocycles. The largest absolute Gasteiger partial charge is 0.368 e. The number of amides is 1. The average molecular weight is 334 g/mol. The van der Waals surface area contributed by atoms with Crippen LogP contribution in [0.15, 0.2) is 30.6 Å². The Morgan fingerprint density at radius 3 is 2.48 bits per heavy atom. The lowest BCUT2D eigenvalue weighted by Crippen LogP contribution is -2.32. The van der Waals surface area contributed by atoms with Crippen LogP contribution in [0.4, 0.5) is 5.69 Å². The molecule has 1 saturated heterocycles. The van der Waals surface area contributed by atoms with Crippen LogP contribution in [-0.4, -0.2) is 35.8 Å². The molecule has 1 aliphatic heterocycles. The lowest BCUT2D eigenvalue weighted by atomic mass is 9.90. The van der Waals surface area contributed by atoms with E-state index in [2.05, 4.69) is 22.6 Å². The van der Waals surface area contributed by atoms with Gasteiger partial charge in [-0.3, -0.25) is 9.48 Å². The Morgan fingerprint density at radius 2 is 1.96 bits per heavy atom. The van der Waals surface area contributed by atoms with Gasteiger partial charge in [-0.15, -0.1) is 0 Å². The fourth-order valence-corrected chi connectivity index (χ4v) is 3.47. The van der Waals surface area contributed by atoms with E-state index < -0.39 is 0 Å². The molecule has 7 nitrogen and oxygen atoms in total. The fraction of sp³-hybridized carbons (Fsp3) is 0.333. The molecule has 1 aliphatic rings. The Hall–Kier alpha value is -3.32. The average Bonchev–Trinajstić information content (AvgIpc) is 3.26. The summed E-state index contributed by atoms with van der Waals surface area (Å²) in [6, 6.07) is 9.40. The molecule has 1 aromatic carbocycles. The third kappa shape index (κ3) is 2.92. The fourth-order valence-electron chi connectivity index (χ4n) is 3.47. The maximum atomic E-state index is 12.4. The molecule has 2 atom stereocenters. The van der Waals surface area contributed by atoms with Gasteiger partial charge in [0.2, 0.25) is 5.91 Å². The topological polar surface area (TPSA) is 97.7 Å². The summed E-state index contributed by atoms with van der Waals surface area (Å²) in [6.07, 6.45) is 3.68. The number of rotatable bonds is 3. The Bertz CT molecular complexity index is 855. The van der Waals surface area contributed by atoms with Gasteiger partial charge < -0.3 is 10.2 Å². The highest BCUT2D eigenvalue weighted by atomic mass is 16.1. The van der Waals surface area contributed by atoms with Gasteiger partial charge in [0.25, 0.3) is 0 Å². The SMILES string of the molecule is CNC(=O)[C@H]1CN(c2c(C#N)cccc2C#N)C[C@@H]1c1cnn(C)c1. The van der Waals surface area contributed by atoms with Crippen LogP contribution in [0.2, 0.25) is 0 Å². The number of nitriles is 2. The van der Waals surface area contributed by atoms with E-state index in [9.17, 15) is 15.3 Å². The minimum absolute atomic E-state index is 0.0491. The summed E-state index contributed by atoms with van der Waals surface area (Å²) in [6.45, 7) is 1.00. The summed E-state index contributed by atoms with van der Waals surface area (Å²) < 4.78 is 1.71. The number of carbonyl (C=O) groups is 1. The molecule has 0 unspecified atom stereocenters. The zero-order valence-corrected chi connectivity index (χ0v) is 14.1. The smallest absolute Gasteiger partial charge is 0.225 e. The number of nitrogens with zero attached hydrogens (tertiary/aromatic N) is 5. The Morgan fingerprint density at radius 1 is 1.28 bits per heavy atom. The summed E-state index contributed by atoms with van der Waals surface area (Å²) in [5, 5.41) is 25.8. The van der Waals surface area contributed by atoms with Crippen molar-refractivity contribution in [2.24, 2.45) is 13.0 Å². The van der Waals surface area contributed by atoms with Crippen molar-refractivity contribution in [3.8, 4) is 12.1 Å². The molecule has 0 spiro atoms. The normalized spacial score (nSPS) is 19.3. The van der Waals surface area contributed by atoms with Crippen molar-refractivity contribution in [3.05, 3.63) is 47.3 Å². The first-order valence-electron chi connectivity index (χ1n) is 7.97. The third-order valence-electron chi connectivity index (χ3n) is 4.65. The van der Waals surface area contributed by atoms with Gasteiger partial charge in [-0.1, -0.05) is 6.07 Å². The number of aryl methyl sites for hydroxylation is 1. The lowest BCUT2D eigenvalue weighted by Gasteiger charge is -2.21. The Kier molecular flexibility index (Phi) is 4.40. The molecular formula is C18H18N6O. The number of para-hydroxylation sites is 1. The number of anilines is 1. The van der Waals surface area contributed by atoms with E-state index in [1.165, 1.54) is 0 Å². The van der Waals surface area contributed by atoms with Crippen molar-refractivity contribution >= 4 is 11.6 Å². The van der Waals surface area contributed by atoms with Crippen molar-refractivity contribution in [2.75, 3.05) is 25.0 Å². The first-order valence-corrected chi connectivity index (χ1v) is 7.97. The van der Waals surface area contributed by atoms with Gasteiger partial charge in [0.05, 0.1) is 28.9 Å². The monoisotopic (exact) mass is 334 g/mol. The van der Waals surface area contributed by atoms with Crippen LogP contribution in [0.25, 0.3) is 0 Å². The zero-order valence-electron chi connectivity index (χ0n) is 14.1. The second-order valence-electron chi connectivity index (χ2n) is 6.10. The number of benzene rings is 1. The highest BCUT2D eigenvalue weighted by Crippen LogP contribution is 2.37. The first kappa shape index (κ1) is 16.5. The van der Waals surface area contributed by atoms with Crippen LogP contribution in [0, 0.1) is 28.6 Å². The summed E-state index contributed by atoms with van der Waals surface area (Å²) in [7, 11) is 3.46. The second kappa shape index (κ2) is 6.66. The van der Waals surface area contributed by atoms with E-state index in [0.717, 1.165) is 5.56 Å². The molecule has 126 valence electrons. The van der Waals surface area contributed by atoms with E-state index in [-0.39, 0.29) is 17.7 Å². The van der Waals surface area contributed by atoms with Crippen LogP contribution >= 0.6 is 0 Å². The molecule has 25 heavy (non-hydrogen) atoms. The molecule has 0 radical (unpaired) electrons. The number of carbonyl (C=O) groups excluding carboxylic acids is 1. The Labute approximate surface area is 146 Å². The molecule has 0 aliphatic carbocycles. The molecule has 2 heterocycles. The van der Waals surface area contributed by atoms with Gasteiger partial charge in [0.15, 0.2) is 0 Å². The maximum absolute atomic E-state index is 12.4. The van der Waals surface area contributed by atoms with E-state index in [1.54, 1.807) is 36.1 Å². The van der Waals surface area contributed by atoms with Crippen molar-refractivity contribution in [1.29, 1.82) is 10.5 Å². The molecule has 7 heteroatoms. The van der Waals surface area contributed by atoms with Crippen LogP contribution in [-0.2, 0) is 11.8 Å². The summed E-state index contributed by atoms with van der Waals surface area (Å²) >= 11 is 0. The van der Waals surface area contributed by atoms with Gasteiger partial charge in [-0.25, -0.2) is 0 Å². The van der Waals surface area contributed by atoms with E-state index in [1.807, 2.05) is 18.1 Å². The van der Waals surface area contributed by atoms with Crippen LogP contribution < -0.4 is 10.2 Å². The van der Waals surface area contributed by atoms with Gasteiger partial charge in [-0.05, 0) is 17.7 Å². The molecule has 0 bridgehead atoms. The van der Waals surface area contributed by atoms with Gasteiger partial charge in [-0.2, -0.15) is 15.6 Å². The molecule has 0 saturated carbocycles. The van der Waals surface area contributed by atoms with Crippen molar-refractivity contribution in [3.63, 3.8) is 0 Å². The predicted octanol–water partition coefficient (Wildman–Crippen LogP) is 1.13. The first-order chi connectivity index (χ1) is 12.1. The highest BCUT2D eigenvalue weighted by molar-refractivity contribution is 5.82. The molecule has 1 amide bonds. The van der Waals surface area contributed by atoms with E-state index >= 15 is 0 Å². The molecule has 3 rings (SSSR count). The van der Waals surface area contributed by atoms with Crippen LogP contribution in [0.1, 0.15) is 22.6 Å². The predicted molar refractivity (Wildman–Crippen MR) is 91.6 cm³/mol. The summed E-state index contributed by atoms with van der Waals surface area (Å²) in [5.41, 5.74) is 2.47. The number of hydrogen-bond donors (Lipinski definition) is 1. The molecular weight excluding hydrogens is 316 g/mol. The number of aromatic nitrogens is 2. The lowest BCUT2D eigenvalue weighted by molar-refractivity contribution is -0.124. The minimum atomic E-state index is -0.271. The molecule has 1 fully saturated rings. The van der Waals surface area contributed by atoms with Gasteiger partial charge in [0, 0.05) is 39.3 Å². The third-order valence-corrected chi connectivity index (χ3v) is 4.65.